The number of hydrogen-bond donors (Lipinski definition) is 3. The SMILES string of the molecule is CC/C=C\C/C=C\C/C=C\C/C=C\C/C=C\CCCCCC(=O)OCC(COP(=O)(O)OCC(O)COP(=O)(O)OCC(COC(=O)CCCCCCC/C=C\C/C=C\CCC)OC(=O)CCCCCCCCCCCCC)OC(=O)CCCCCC/C=C\C/C=C\C/C=C\C/C=C\CC. The maximum atomic E-state index is 13.1. The second-order valence-electron chi connectivity index (χ2n) is 25.2. The molecule has 0 aliphatic rings. The van der Waals surface area contributed by atoms with Crippen molar-refractivity contribution >= 4 is 39.5 Å². The number of phosphoric ester groups is 2. The molecule has 0 aromatic rings. The van der Waals surface area contributed by atoms with E-state index < -0.39 is 97.5 Å². The Kier molecular flexibility index (Phi) is 69.1. The fourth-order valence-electron chi connectivity index (χ4n) is 9.80. The number of aliphatic hydroxyl groups is 1. The Labute approximate surface area is 605 Å². The molecule has 0 aromatic heterocycles. The predicted molar refractivity (Wildman–Crippen MR) is 408 cm³/mol. The van der Waals surface area contributed by atoms with E-state index in [1.54, 1.807) is 0 Å². The Morgan fingerprint density at radius 2 is 0.540 bits per heavy atom. The highest BCUT2D eigenvalue weighted by Gasteiger charge is 2.30. The number of ether oxygens (including phenoxy) is 4. The number of rotatable bonds is 71. The average molecular weight is 1440 g/mol. The van der Waals surface area contributed by atoms with Gasteiger partial charge in [-0.05, 0) is 135 Å². The topological polar surface area (TPSA) is 237 Å². The first-order valence-corrected chi connectivity index (χ1v) is 41.4. The van der Waals surface area contributed by atoms with Gasteiger partial charge in [-0.15, -0.1) is 0 Å². The molecule has 0 aliphatic heterocycles. The van der Waals surface area contributed by atoms with Crippen molar-refractivity contribution in [2.75, 3.05) is 39.6 Å². The van der Waals surface area contributed by atoms with E-state index >= 15 is 0 Å². The molecule has 0 bridgehead atoms. The molecule has 19 heteroatoms. The number of esters is 4. The predicted octanol–water partition coefficient (Wildman–Crippen LogP) is 22.1. The third-order valence-electron chi connectivity index (χ3n) is 15.6. The van der Waals surface area contributed by atoms with Gasteiger partial charge in [0.1, 0.15) is 19.3 Å². The van der Waals surface area contributed by atoms with Crippen LogP contribution in [0.15, 0.2) is 134 Å². The minimum absolute atomic E-state index is 0.0556. The van der Waals surface area contributed by atoms with Crippen molar-refractivity contribution in [3.8, 4) is 0 Å². The van der Waals surface area contributed by atoms with E-state index in [1.807, 2.05) is 0 Å². The van der Waals surface area contributed by atoms with Crippen LogP contribution in [-0.4, -0.2) is 96.7 Å². The van der Waals surface area contributed by atoms with Crippen LogP contribution in [0.2, 0.25) is 0 Å². The summed E-state index contributed by atoms with van der Waals surface area (Å²) in [6, 6.07) is 0. The van der Waals surface area contributed by atoms with Gasteiger partial charge in [0, 0.05) is 25.7 Å². The third-order valence-corrected chi connectivity index (χ3v) is 17.5. The standard InChI is InChI=1S/C81H136O17P2/c1-5-9-13-17-21-25-29-32-34-36-37-39-40-43-47-50-54-58-62-66-79(84)92-72-77(98-81(86)68-64-60-56-52-48-44-41-38-35-33-30-26-22-18-14-10-6-2)74-96-100(89,90)94-70-75(82)69-93-99(87,88)95-73-76(97-80(85)67-63-59-55-51-45-28-24-20-16-12-8-4)71-91-78(83)65-61-57-53-49-46-42-31-27-23-19-15-11-7-3/h9-10,13-15,19,21-22,25-27,31-35,37,39,41,43-44,47,75-77,82H,5-8,11-12,16-18,20,23-24,28-30,36,38,40,42,45-46,48-74H2,1-4H3,(H,87,88)(H,89,90)/b13-9-,14-10-,19-15-,25-21-,26-22-,31-27-,34-32-,35-33-,39-37-,44-41-,47-43-. The van der Waals surface area contributed by atoms with Gasteiger partial charge in [-0.25, -0.2) is 9.13 Å². The van der Waals surface area contributed by atoms with Crippen LogP contribution in [0.4, 0.5) is 0 Å². The van der Waals surface area contributed by atoms with Crippen LogP contribution in [-0.2, 0) is 65.4 Å². The highest BCUT2D eigenvalue weighted by Crippen LogP contribution is 2.45. The maximum Gasteiger partial charge on any atom is 0.472 e. The van der Waals surface area contributed by atoms with Crippen LogP contribution in [0.5, 0.6) is 0 Å². The van der Waals surface area contributed by atoms with Gasteiger partial charge in [-0.2, -0.15) is 0 Å². The van der Waals surface area contributed by atoms with Gasteiger partial charge in [-0.3, -0.25) is 37.3 Å². The largest absolute Gasteiger partial charge is 0.472 e. The Morgan fingerprint density at radius 3 is 0.850 bits per heavy atom. The van der Waals surface area contributed by atoms with Crippen molar-refractivity contribution in [3.63, 3.8) is 0 Å². The van der Waals surface area contributed by atoms with E-state index in [2.05, 4.69) is 161 Å². The van der Waals surface area contributed by atoms with Gasteiger partial charge in [0.25, 0.3) is 0 Å². The Balaban J connectivity index is 5.40. The molecule has 0 radical (unpaired) electrons. The molecule has 0 heterocycles. The fourth-order valence-corrected chi connectivity index (χ4v) is 11.4. The molecule has 0 fully saturated rings. The molecule has 0 aromatic carbocycles. The smallest absolute Gasteiger partial charge is 0.462 e. The van der Waals surface area contributed by atoms with Crippen molar-refractivity contribution in [1.29, 1.82) is 0 Å². The summed E-state index contributed by atoms with van der Waals surface area (Å²) < 4.78 is 68.4. The molecule has 5 atom stereocenters. The Morgan fingerprint density at radius 1 is 0.290 bits per heavy atom. The number of carbonyl (C=O) groups is 4. The van der Waals surface area contributed by atoms with E-state index in [4.69, 9.17) is 37.0 Å². The zero-order chi connectivity index (χ0) is 73.2. The molecule has 100 heavy (non-hydrogen) atoms. The van der Waals surface area contributed by atoms with Crippen molar-refractivity contribution in [2.45, 2.75) is 316 Å². The summed E-state index contributed by atoms with van der Waals surface area (Å²) >= 11 is 0. The third kappa shape index (κ3) is 71.6. The van der Waals surface area contributed by atoms with Crippen molar-refractivity contribution in [3.05, 3.63) is 134 Å². The first-order valence-electron chi connectivity index (χ1n) is 38.4. The summed E-state index contributed by atoms with van der Waals surface area (Å²) in [6.07, 6.45) is 80.1. The number of allylic oxidation sites excluding steroid dienone is 22. The molecule has 17 nitrogen and oxygen atoms in total. The molecular weight excluding hydrogens is 1310 g/mol. The van der Waals surface area contributed by atoms with Crippen LogP contribution in [0.3, 0.4) is 0 Å². The number of unbranched alkanes of at least 4 members (excludes halogenated alkanes) is 23. The van der Waals surface area contributed by atoms with Gasteiger partial charge in [0.15, 0.2) is 12.2 Å². The molecule has 0 saturated heterocycles. The molecule has 0 amide bonds. The first kappa shape index (κ1) is 95.2. The van der Waals surface area contributed by atoms with E-state index in [9.17, 15) is 43.2 Å². The fraction of sp³-hybridized carbons (Fsp3) is 0.679. The molecule has 3 N–H and O–H groups in total. The minimum atomic E-state index is -4.99. The highest BCUT2D eigenvalue weighted by molar-refractivity contribution is 7.47. The summed E-state index contributed by atoms with van der Waals surface area (Å²) in [7, 11) is -9.97. The van der Waals surface area contributed by atoms with Crippen LogP contribution in [0.1, 0.15) is 297 Å². The van der Waals surface area contributed by atoms with Gasteiger partial charge in [0.05, 0.1) is 26.4 Å². The molecular formula is C81H136O17P2. The zero-order valence-electron chi connectivity index (χ0n) is 62.3. The number of phosphoric acid groups is 2. The molecule has 0 saturated carbocycles. The number of hydrogen-bond acceptors (Lipinski definition) is 15. The monoisotopic (exact) mass is 1440 g/mol. The summed E-state index contributed by atoms with van der Waals surface area (Å²) in [4.78, 5) is 72.8. The Bertz CT molecular complexity index is 2420. The van der Waals surface area contributed by atoms with Gasteiger partial charge >= 0.3 is 39.5 Å². The lowest BCUT2D eigenvalue weighted by Gasteiger charge is -2.21. The van der Waals surface area contributed by atoms with Crippen LogP contribution in [0, 0.1) is 0 Å². The second kappa shape index (κ2) is 72.5. The molecule has 572 valence electrons. The lowest BCUT2D eigenvalue weighted by molar-refractivity contribution is -0.161. The quantitative estimate of drug-likeness (QED) is 0.0169. The van der Waals surface area contributed by atoms with Crippen molar-refractivity contribution in [1.82, 2.24) is 0 Å². The molecule has 0 aliphatic carbocycles. The van der Waals surface area contributed by atoms with Crippen LogP contribution < -0.4 is 0 Å². The van der Waals surface area contributed by atoms with E-state index in [0.29, 0.717) is 25.7 Å². The zero-order valence-corrected chi connectivity index (χ0v) is 64.1. The van der Waals surface area contributed by atoms with Crippen LogP contribution in [0.25, 0.3) is 0 Å². The molecule has 0 spiro atoms. The Hall–Kier alpha value is -4.80. The minimum Gasteiger partial charge on any atom is -0.462 e. The van der Waals surface area contributed by atoms with Gasteiger partial charge in [0.2, 0.25) is 0 Å². The lowest BCUT2D eigenvalue weighted by Crippen LogP contribution is -2.30. The van der Waals surface area contributed by atoms with Gasteiger partial charge in [-0.1, -0.05) is 271 Å². The van der Waals surface area contributed by atoms with Crippen molar-refractivity contribution in [2.24, 2.45) is 0 Å². The number of aliphatic hydroxyl groups excluding tert-OH is 1. The average Bonchev–Trinajstić information content (AvgIpc) is 0.930. The summed E-state index contributed by atoms with van der Waals surface area (Å²) in [5.41, 5.74) is 0. The van der Waals surface area contributed by atoms with Gasteiger partial charge < -0.3 is 33.8 Å². The van der Waals surface area contributed by atoms with Crippen molar-refractivity contribution < 1.29 is 80.2 Å². The normalized spacial score (nSPS) is 14.7. The number of carbonyl (C=O) groups excluding carboxylic acids is 4. The highest BCUT2D eigenvalue weighted by atomic mass is 31.2. The second-order valence-corrected chi connectivity index (χ2v) is 28.1. The lowest BCUT2D eigenvalue weighted by atomic mass is 10.1. The first-order chi connectivity index (χ1) is 48.7. The summed E-state index contributed by atoms with van der Waals surface area (Å²) in [5.74, 6) is -2.25. The van der Waals surface area contributed by atoms with Crippen LogP contribution >= 0.6 is 15.6 Å². The summed E-state index contributed by atoms with van der Waals surface area (Å²) in [5, 5.41) is 10.6. The molecule has 5 unspecified atom stereocenters. The summed E-state index contributed by atoms with van der Waals surface area (Å²) in [6.45, 7) is 4.49. The molecule has 0 rings (SSSR count). The maximum absolute atomic E-state index is 13.1. The van der Waals surface area contributed by atoms with E-state index in [0.717, 1.165) is 180 Å². The van der Waals surface area contributed by atoms with E-state index in [1.165, 1.54) is 38.5 Å². The van der Waals surface area contributed by atoms with E-state index in [-0.39, 0.29) is 25.7 Å².